The van der Waals surface area contributed by atoms with E-state index in [0.717, 1.165) is 11.1 Å². The third-order valence-electron chi connectivity index (χ3n) is 3.09. The quantitative estimate of drug-likeness (QED) is 0.781. The fourth-order valence-electron chi connectivity index (χ4n) is 2.12. The smallest absolute Gasteiger partial charge is 0.129 e. The van der Waals surface area contributed by atoms with Crippen LogP contribution >= 0.6 is 11.6 Å². The Bertz CT molecular complexity index is 738. The minimum atomic E-state index is -0.572. The van der Waals surface area contributed by atoms with Crippen LogP contribution in [0.3, 0.4) is 0 Å². The molecular weight excluding hydrogens is 265 g/mol. The molecule has 0 saturated carbocycles. The van der Waals surface area contributed by atoms with Crippen LogP contribution in [0.5, 0.6) is 0 Å². The molecule has 19 heavy (non-hydrogen) atoms. The normalized spacial score (nSPS) is 12.8. The second-order valence-corrected chi connectivity index (χ2v) is 4.71. The molecule has 0 saturated heterocycles. The van der Waals surface area contributed by atoms with Gasteiger partial charge in [0.15, 0.2) is 0 Å². The second-order valence-electron chi connectivity index (χ2n) is 4.27. The molecule has 2 aromatic heterocycles. The van der Waals surface area contributed by atoms with E-state index in [2.05, 4.69) is 5.10 Å². The minimum Gasteiger partial charge on any atom is -0.320 e. The number of hydrogen-bond donors (Lipinski definition) is 1. The Hall–Kier alpha value is -1.91. The summed E-state index contributed by atoms with van der Waals surface area (Å²) in [6, 6.07) is 9.60. The van der Waals surface area contributed by atoms with Crippen LogP contribution in [0.2, 0.25) is 5.02 Å². The van der Waals surface area contributed by atoms with Crippen molar-refractivity contribution in [1.29, 1.82) is 0 Å². The highest BCUT2D eigenvalue weighted by molar-refractivity contribution is 6.30. The van der Waals surface area contributed by atoms with Gasteiger partial charge in [-0.15, -0.1) is 0 Å². The number of hydrogen-bond acceptors (Lipinski definition) is 2. The molecule has 1 atom stereocenters. The van der Waals surface area contributed by atoms with Gasteiger partial charge in [-0.3, -0.25) is 0 Å². The first-order valence-electron chi connectivity index (χ1n) is 5.79. The lowest BCUT2D eigenvalue weighted by atomic mass is 10.0. The highest BCUT2D eigenvalue weighted by Gasteiger charge is 2.17. The molecule has 2 heterocycles. The van der Waals surface area contributed by atoms with Gasteiger partial charge in [-0.25, -0.2) is 8.91 Å². The SMILES string of the molecule is NC(c1ccc(Cl)cc1F)c1cnn2ccccc12. The van der Waals surface area contributed by atoms with Gasteiger partial charge in [-0.2, -0.15) is 5.10 Å². The van der Waals surface area contributed by atoms with Gasteiger partial charge >= 0.3 is 0 Å². The van der Waals surface area contributed by atoms with Crippen molar-refractivity contribution in [2.75, 3.05) is 0 Å². The number of nitrogens with two attached hydrogens (primary N) is 1. The van der Waals surface area contributed by atoms with Gasteiger partial charge in [0.1, 0.15) is 5.82 Å². The van der Waals surface area contributed by atoms with Crippen LogP contribution in [0.15, 0.2) is 48.8 Å². The maximum atomic E-state index is 13.9. The zero-order chi connectivity index (χ0) is 13.4. The standard InChI is InChI=1S/C14H11ClFN3/c15-9-4-5-10(12(16)7-9)14(17)11-8-18-19-6-2-1-3-13(11)19/h1-8,14H,17H2. The summed E-state index contributed by atoms with van der Waals surface area (Å²) in [5, 5.41) is 4.56. The largest absolute Gasteiger partial charge is 0.320 e. The molecule has 0 bridgehead atoms. The van der Waals surface area contributed by atoms with Crippen LogP contribution in [0.4, 0.5) is 4.39 Å². The number of aromatic nitrogens is 2. The van der Waals surface area contributed by atoms with Crippen LogP contribution in [0, 0.1) is 5.82 Å². The van der Waals surface area contributed by atoms with Crippen molar-refractivity contribution in [1.82, 2.24) is 9.61 Å². The highest BCUT2D eigenvalue weighted by Crippen LogP contribution is 2.26. The fraction of sp³-hybridized carbons (Fsp3) is 0.0714. The third kappa shape index (κ3) is 2.09. The van der Waals surface area contributed by atoms with Gasteiger partial charge in [0, 0.05) is 22.3 Å². The second kappa shape index (κ2) is 4.64. The van der Waals surface area contributed by atoms with E-state index >= 15 is 0 Å². The summed E-state index contributed by atoms with van der Waals surface area (Å²) in [4.78, 5) is 0. The van der Waals surface area contributed by atoms with Crippen molar-refractivity contribution in [3.8, 4) is 0 Å². The average molecular weight is 276 g/mol. The molecule has 3 nitrogen and oxygen atoms in total. The summed E-state index contributed by atoms with van der Waals surface area (Å²) >= 11 is 5.74. The van der Waals surface area contributed by atoms with Gasteiger partial charge in [-0.1, -0.05) is 23.7 Å². The molecule has 5 heteroatoms. The molecule has 0 amide bonds. The van der Waals surface area contributed by atoms with Gasteiger partial charge < -0.3 is 5.73 Å². The minimum absolute atomic E-state index is 0.355. The van der Waals surface area contributed by atoms with E-state index in [1.54, 1.807) is 22.8 Å². The first-order valence-corrected chi connectivity index (χ1v) is 6.17. The summed E-state index contributed by atoms with van der Waals surface area (Å²) in [7, 11) is 0. The number of nitrogens with zero attached hydrogens (tertiary/aromatic N) is 2. The molecule has 0 fully saturated rings. The molecule has 0 aliphatic carbocycles. The van der Waals surface area contributed by atoms with Crippen molar-refractivity contribution < 1.29 is 4.39 Å². The average Bonchev–Trinajstić information content (AvgIpc) is 2.82. The van der Waals surface area contributed by atoms with Gasteiger partial charge in [0.2, 0.25) is 0 Å². The number of fused-ring (bicyclic) bond motifs is 1. The monoisotopic (exact) mass is 275 g/mol. The summed E-state index contributed by atoms with van der Waals surface area (Å²) in [5.41, 5.74) is 8.19. The lowest BCUT2D eigenvalue weighted by Gasteiger charge is -2.12. The van der Waals surface area contributed by atoms with Crippen LogP contribution in [-0.4, -0.2) is 9.61 Å². The zero-order valence-electron chi connectivity index (χ0n) is 9.92. The predicted octanol–water partition coefficient (Wildman–Crippen LogP) is 3.17. The van der Waals surface area contributed by atoms with Crippen LogP contribution < -0.4 is 5.73 Å². The number of rotatable bonds is 2. The van der Waals surface area contributed by atoms with Crippen LogP contribution in [0.1, 0.15) is 17.2 Å². The zero-order valence-corrected chi connectivity index (χ0v) is 10.7. The molecule has 2 N–H and O–H groups in total. The molecule has 96 valence electrons. The van der Waals surface area contributed by atoms with Crippen molar-refractivity contribution in [3.63, 3.8) is 0 Å². The Balaban J connectivity index is 2.10. The Kier molecular flexibility index (Phi) is 2.97. The summed E-state index contributed by atoms with van der Waals surface area (Å²) < 4.78 is 15.6. The van der Waals surface area contributed by atoms with E-state index in [-0.39, 0.29) is 0 Å². The topological polar surface area (TPSA) is 43.3 Å². The molecule has 0 spiro atoms. The van der Waals surface area contributed by atoms with Gasteiger partial charge in [0.25, 0.3) is 0 Å². The first kappa shape index (κ1) is 12.1. The van der Waals surface area contributed by atoms with E-state index in [0.29, 0.717) is 10.6 Å². The lowest BCUT2D eigenvalue weighted by Crippen LogP contribution is -2.13. The number of halogens is 2. The highest BCUT2D eigenvalue weighted by atomic mass is 35.5. The summed E-state index contributed by atoms with van der Waals surface area (Å²) in [6.45, 7) is 0. The molecule has 0 radical (unpaired) electrons. The first-order chi connectivity index (χ1) is 9.16. The molecule has 0 aliphatic heterocycles. The van der Waals surface area contributed by atoms with Crippen molar-refractivity contribution in [2.45, 2.75) is 6.04 Å². The fourth-order valence-corrected chi connectivity index (χ4v) is 2.27. The van der Waals surface area contributed by atoms with Crippen LogP contribution in [0.25, 0.3) is 5.52 Å². The predicted molar refractivity (Wildman–Crippen MR) is 72.6 cm³/mol. The van der Waals surface area contributed by atoms with Gasteiger partial charge in [0.05, 0.1) is 17.8 Å². The van der Waals surface area contributed by atoms with Crippen molar-refractivity contribution in [2.24, 2.45) is 5.73 Å². The maximum absolute atomic E-state index is 13.9. The summed E-state index contributed by atoms with van der Waals surface area (Å²) in [6.07, 6.45) is 3.48. The molecule has 1 aromatic carbocycles. The third-order valence-corrected chi connectivity index (χ3v) is 3.32. The maximum Gasteiger partial charge on any atom is 0.129 e. The van der Waals surface area contributed by atoms with E-state index in [4.69, 9.17) is 17.3 Å². The van der Waals surface area contributed by atoms with E-state index < -0.39 is 11.9 Å². The van der Waals surface area contributed by atoms with Crippen molar-refractivity contribution >= 4 is 17.1 Å². The Morgan fingerprint density at radius 1 is 1.21 bits per heavy atom. The Morgan fingerprint density at radius 3 is 2.84 bits per heavy atom. The lowest BCUT2D eigenvalue weighted by molar-refractivity contribution is 0.600. The molecule has 3 aromatic rings. The Labute approximate surface area is 114 Å². The molecule has 1 unspecified atom stereocenters. The van der Waals surface area contributed by atoms with E-state index in [1.165, 1.54) is 6.07 Å². The van der Waals surface area contributed by atoms with Crippen molar-refractivity contribution in [3.05, 3.63) is 70.8 Å². The van der Waals surface area contributed by atoms with Gasteiger partial charge in [-0.05, 0) is 24.3 Å². The number of pyridine rings is 1. The van der Waals surface area contributed by atoms with E-state index in [1.807, 2.05) is 24.4 Å². The van der Waals surface area contributed by atoms with Crippen LogP contribution in [-0.2, 0) is 0 Å². The molecular formula is C14H11ClFN3. The molecule has 3 rings (SSSR count). The summed E-state index contributed by atoms with van der Waals surface area (Å²) in [5.74, 6) is -0.407. The molecule has 0 aliphatic rings. The van der Waals surface area contributed by atoms with E-state index in [9.17, 15) is 4.39 Å². The number of benzene rings is 1. The Morgan fingerprint density at radius 2 is 2.05 bits per heavy atom.